The summed E-state index contributed by atoms with van der Waals surface area (Å²) in [6.45, 7) is 4.26. The predicted octanol–water partition coefficient (Wildman–Crippen LogP) is 2.48. The minimum Gasteiger partial charge on any atom is -0.478 e. The molecular weight excluding hydrogens is 270 g/mol. The van der Waals surface area contributed by atoms with E-state index in [4.69, 9.17) is 4.74 Å². The molecule has 1 amide bonds. The summed E-state index contributed by atoms with van der Waals surface area (Å²) in [6.07, 6.45) is 2.00. The third-order valence-corrected chi connectivity index (χ3v) is 4.30. The summed E-state index contributed by atoms with van der Waals surface area (Å²) < 4.78 is 5.39. The first-order chi connectivity index (χ1) is 9.94. The number of carbonyl (C=O) groups excluding carboxylic acids is 1. The van der Waals surface area contributed by atoms with E-state index in [9.17, 15) is 14.7 Å². The predicted molar refractivity (Wildman–Crippen MR) is 79.8 cm³/mol. The van der Waals surface area contributed by atoms with Crippen LogP contribution in [0, 0.1) is 0 Å². The summed E-state index contributed by atoms with van der Waals surface area (Å²) in [5.41, 5.74) is 0.830. The van der Waals surface area contributed by atoms with Crippen LogP contribution in [-0.4, -0.2) is 36.2 Å². The van der Waals surface area contributed by atoms with Crippen molar-refractivity contribution in [2.24, 2.45) is 0 Å². The molecule has 1 aromatic carbocycles. The largest absolute Gasteiger partial charge is 0.478 e. The lowest BCUT2D eigenvalue weighted by Gasteiger charge is -2.36. The van der Waals surface area contributed by atoms with Crippen LogP contribution in [0.15, 0.2) is 18.2 Å². The van der Waals surface area contributed by atoms with Crippen molar-refractivity contribution in [1.29, 1.82) is 0 Å². The Labute approximate surface area is 124 Å². The number of carbonyl (C=O) groups is 2. The van der Waals surface area contributed by atoms with Gasteiger partial charge in [0, 0.05) is 19.3 Å². The average molecular weight is 291 g/mol. The van der Waals surface area contributed by atoms with Gasteiger partial charge >= 0.3 is 5.97 Å². The molecule has 114 valence electrons. The number of ether oxygens (including phenoxy) is 1. The molecule has 0 saturated heterocycles. The molecule has 1 unspecified atom stereocenters. The molecule has 0 saturated carbocycles. The number of hydrogen-bond donors (Lipinski definition) is 1. The molecule has 1 aliphatic heterocycles. The lowest BCUT2D eigenvalue weighted by Crippen LogP contribution is -2.50. The zero-order chi connectivity index (χ0) is 15.6. The van der Waals surface area contributed by atoms with Gasteiger partial charge in [-0.25, -0.2) is 4.79 Å². The summed E-state index contributed by atoms with van der Waals surface area (Å²) in [5, 5.41) is 9.29. The fourth-order valence-electron chi connectivity index (χ4n) is 2.70. The summed E-state index contributed by atoms with van der Waals surface area (Å²) in [5.74, 6) is -1.07. The Morgan fingerprint density at radius 1 is 1.43 bits per heavy atom. The fourth-order valence-corrected chi connectivity index (χ4v) is 2.70. The number of fused-ring (bicyclic) bond motifs is 1. The molecule has 0 radical (unpaired) electrons. The second kappa shape index (κ2) is 5.85. The van der Waals surface area contributed by atoms with Crippen molar-refractivity contribution in [3.05, 3.63) is 29.3 Å². The van der Waals surface area contributed by atoms with E-state index < -0.39 is 11.6 Å². The maximum atomic E-state index is 12.8. The van der Waals surface area contributed by atoms with Crippen molar-refractivity contribution in [1.82, 2.24) is 0 Å². The molecule has 0 fully saturated rings. The van der Waals surface area contributed by atoms with Gasteiger partial charge in [-0.3, -0.25) is 4.79 Å². The van der Waals surface area contributed by atoms with E-state index in [2.05, 4.69) is 0 Å². The van der Waals surface area contributed by atoms with Crippen molar-refractivity contribution in [3.8, 4) is 0 Å². The number of nitrogens with zero attached hydrogens (tertiary/aromatic N) is 1. The van der Waals surface area contributed by atoms with Gasteiger partial charge in [0.1, 0.15) is 5.60 Å². The Balaban J connectivity index is 2.46. The van der Waals surface area contributed by atoms with E-state index in [-0.39, 0.29) is 11.5 Å². The Kier molecular flexibility index (Phi) is 4.32. The van der Waals surface area contributed by atoms with Crippen molar-refractivity contribution >= 4 is 17.6 Å². The monoisotopic (exact) mass is 291 g/mol. The standard InChI is InChI=1S/C16H21NO4/c1-4-16(2,21-3)15(20)17-10-6-8-11-12(14(18)19)7-5-9-13(11)17/h5,7,9H,4,6,8,10H2,1-3H3,(H,18,19). The number of hydrogen-bond acceptors (Lipinski definition) is 3. The van der Waals surface area contributed by atoms with Crippen LogP contribution in [0.25, 0.3) is 0 Å². The number of methoxy groups -OCH3 is 1. The van der Waals surface area contributed by atoms with Crippen LogP contribution in [0.4, 0.5) is 5.69 Å². The van der Waals surface area contributed by atoms with Gasteiger partial charge in [-0.2, -0.15) is 0 Å². The van der Waals surface area contributed by atoms with Gasteiger partial charge in [-0.1, -0.05) is 13.0 Å². The van der Waals surface area contributed by atoms with Crippen LogP contribution in [0.5, 0.6) is 0 Å². The van der Waals surface area contributed by atoms with Gasteiger partial charge in [0.25, 0.3) is 5.91 Å². The number of rotatable bonds is 4. The molecule has 1 heterocycles. The van der Waals surface area contributed by atoms with Gasteiger partial charge in [0.2, 0.25) is 0 Å². The Hall–Kier alpha value is -1.88. The van der Waals surface area contributed by atoms with E-state index >= 15 is 0 Å². The highest BCUT2D eigenvalue weighted by Gasteiger charge is 2.37. The van der Waals surface area contributed by atoms with E-state index in [1.807, 2.05) is 13.0 Å². The first kappa shape index (κ1) is 15.5. The maximum Gasteiger partial charge on any atom is 0.336 e. The number of carboxylic acids is 1. The van der Waals surface area contributed by atoms with Gasteiger partial charge in [-0.05, 0) is 43.9 Å². The lowest BCUT2D eigenvalue weighted by molar-refractivity contribution is -0.139. The van der Waals surface area contributed by atoms with Crippen molar-refractivity contribution in [2.45, 2.75) is 38.7 Å². The van der Waals surface area contributed by atoms with E-state index in [0.29, 0.717) is 25.1 Å². The summed E-state index contributed by atoms with van der Waals surface area (Å²) in [4.78, 5) is 25.8. The van der Waals surface area contributed by atoms with E-state index in [0.717, 1.165) is 12.0 Å². The molecule has 0 aliphatic carbocycles. The summed E-state index contributed by atoms with van der Waals surface area (Å²) >= 11 is 0. The molecule has 1 aliphatic rings. The molecule has 2 rings (SSSR count). The normalized spacial score (nSPS) is 17.0. The molecule has 1 N–H and O–H groups in total. The molecule has 1 aromatic rings. The molecule has 5 nitrogen and oxygen atoms in total. The minimum atomic E-state index is -0.953. The molecule has 21 heavy (non-hydrogen) atoms. The van der Waals surface area contributed by atoms with E-state index in [1.54, 1.807) is 24.0 Å². The van der Waals surface area contributed by atoms with Gasteiger partial charge < -0.3 is 14.7 Å². The molecule has 1 atom stereocenters. The molecule has 0 aromatic heterocycles. The molecule has 0 spiro atoms. The van der Waals surface area contributed by atoms with Crippen LogP contribution in [0.2, 0.25) is 0 Å². The van der Waals surface area contributed by atoms with Crippen LogP contribution in [0.1, 0.15) is 42.6 Å². The number of aromatic carboxylic acids is 1. The Morgan fingerprint density at radius 3 is 2.71 bits per heavy atom. The first-order valence-electron chi connectivity index (χ1n) is 7.17. The minimum absolute atomic E-state index is 0.115. The van der Waals surface area contributed by atoms with Gasteiger partial charge in [-0.15, -0.1) is 0 Å². The summed E-state index contributed by atoms with van der Waals surface area (Å²) in [6, 6.07) is 5.08. The second-order valence-corrected chi connectivity index (χ2v) is 5.46. The lowest BCUT2D eigenvalue weighted by atomic mass is 9.93. The zero-order valence-electron chi connectivity index (χ0n) is 12.7. The number of benzene rings is 1. The maximum absolute atomic E-state index is 12.8. The highest BCUT2D eigenvalue weighted by molar-refractivity contribution is 6.02. The molecular formula is C16H21NO4. The fraction of sp³-hybridized carbons (Fsp3) is 0.500. The highest BCUT2D eigenvalue weighted by atomic mass is 16.5. The van der Waals surface area contributed by atoms with Gasteiger partial charge in [0.15, 0.2) is 0 Å². The third kappa shape index (κ3) is 2.65. The van der Waals surface area contributed by atoms with Crippen molar-refractivity contribution < 1.29 is 19.4 Å². The van der Waals surface area contributed by atoms with Crippen LogP contribution >= 0.6 is 0 Å². The highest BCUT2D eigenvalue weighted by Crippen LogP contribution is 2.32. The molecule has 5 heteroatoms. The third-order valence-electron chi connectivity index (χ3n) is 4.30. The second-order valence-electron chi connectivity index (χ2n) is 5.46. The van der Waals surface area contributed by atoms with Crippen molar-refractivity contribution in [2.75, 3.05) is 18.6 Å². The molecule has 0 bridgehead atoms. The zero-order valence-corrected chi connectivity index (χ0v) is 12.7. The smallest absolute Gasteiger partial charge is 0.336 e. The number of anilines is 1. The Morgan fingerprint density at radius 2 is 2.14 bits per heavy atom. The topological polar surface area (TPSA) is 66.8 Å². The number of carboxylic acid groups (broad SMARTS) is 1. The van der Waals surface area contributed by atoms with Crippen molar-refractivity contribution in [3.63, 3.8) is 0 Å². The Bertz CT molecular complexity index is 563. The summed E-state index contributed by atoms with van der Waals surface area (Å²) in [7, 11) is 1.53. The van der Waals surface area contributed by atoms with Crippen LogP contribution in [0.3, 0.4) is 0 Å². The average Bonchev–Trinajstić information content (AvgIpc) is 2.52. The SMILES string of the molecule is CCC(C)(OC)C(=O)N1CCCc2c(C(=O)O)cccc21. The quantitative estimate of drug-likeness (QED) is 0.925. The number of amides is 1. The first-order valence-corrected chi connectivity index (χ1v) is 7.17. The van der Waals surface area contributed by atoms with Crippen LogP contribution in [-0.2, 0) is 16.0 Å². The van der Waals surface area contributed by atoms with E-state index in [1.165, 1.54) is 7.11 Å². The van der Waals surface area contributed by atoms with Gasteiger partial charge in [0.05, 0.1) is 5.56 Å². The van der Waals surface area contributed by atoms with Crippen LogP contribution < -0.4 is 4.90 Å².